The number of nitrogens with zero attached hydrogens (tertiary/aromatic N) is 3. The maximum absolute atomic E-state index is 12.2. The number of hydrogen-bond donors (Lipinski definition) is 1. The van der Waals surface area contributed by atoms with Gasteiger partial charge in [0.15, 0.2) is 5.16 Å². The summed E-state index contributed by atoms with van der Waals surface area (Å²) >= 11 is 7.29. The lowest BCUT2D eigenvalue weighted by atomic mass is 10.2. The van der Waals surface area contributed by atoms with Gasteiger partial charge in [0, 0.05) is 16.4 Å². The largest absolute Gasteiger partial charge is 0.325 e. The Balaban J connectivity index is 1.68. The fourth-order valence-corrected chi connectivity index (χ4v) is 3.21. The monoisotopic (exact) mass is 372 g/mol. The van der Waals surface area contributed by atoms with Gasteiger partial charge >= 0.3 is 0 Å². The van der Waals surface area contributed by atoms with Crippen LogP contribution in [0.2, 0.25) is 5.02 Å². The molecule has 0 fully saturated rings. The Hall–Kier alpha value is -2.31. The predicted octanol–water partition coefficient (Wildman–Crippen LogP) is 4.27. The van der Waals surface area contributed by atoms with Crippen LogP contribution in [0.1, 0.15) is 11.4 Å². The van der Waals surface area contributed by atoms with Gasteiger partial charge in [0.05, 0.1) is 5.75 Å². The third kappa shape index (κ3) is 4.41. The van der Waals surface area contributed by atoms with E-state index in [1.165, 1.54) is 11.8 Å². The highest BCUT2D eigenvalue weighted by molar-refractivity contribution is 7.99. The standard InChI is InChI=1S/C18H17ClN4OS/c1-12-3-7-15(8-4-12)20-17(24)11-25-18-22-21-13(2)23(18)16-9-5-14(19)6-10-16/h3-10H,11H2,1-2H3,(H,20,24). The average Bonchev–Trinajstić information content (AvgIpc) is 2.97. The van der Waals surface area contributed by atoms with Crippen LogP contribution in [0.15, 0.2) is 53.7 Å². The summed E-state index contributed by atoms with van der Waals surface area (Å²) in [5, 5.41) is 12.5. The second kappa shape index (κ2) is 7.72. The molecule has 1 N–H and O–H groups in total. The van der Waals surface area contributed by atoms with E-state index in [1.54, 1.807) is 0 Å². The number of benzene rings is 2. The molecule has 7 heteroatoms. The summed E-state index contributed by atoms with van der Waals surface area (Å²) in [7, 11) is 0. The van der Waals surface area contributed by atoms with Gasteiger partial charge in [-0.3, -0.25) is 9.36 Å². The minimum Gasteiger partial charge on any atom is -0.325 e. The van der Waals surface area contributed by atoms with Crippen LogP contribution in [0.25, 0.3) is 5.69 Å². The molecular weight excluding hydrogens is 356 g/mol. The van der Waals surface area contributed by atoms with Gasteiger partial charge in [-0.25, -0.2) is 0 Å². The van der Waals surface area contributed by atoms with Gasteiger partial charge in [-0.05, 0) is 50.2 Å². The SMILES string of the molecule is Cc1ccc(NC(=O)CSc2nnc(C)n2-c2ccc(Cl)cc2)cc1. The van der Waals surface area contributed by atoms with E-state index in [0.29, 0.717) is 10.2 Å². The van der Waals surface area contributed by atoms with Crippen molar-refractivity contribution < 1.29 is 4.79 Å². The number of rotatable bonds is 5. The number of hydrogen-bond acceptors (Lipinski definition) is 4. The van der Waals surface area contributed by atoms with Crippen LogP contribution in [0.4, 0.5) is 5.69 Å². The predicted molar refractivity (Wildman–Crippen MR) is 102 cm³/mol. The van der Waals surface area contributed by atoms with Crippen molar-refractivity contribution in [2.75, 3.05) is 11.1 Å². The van der Waals surface area contributed by atoms with Crippen molar-refractivity contribution in [3.8, 4) is 5.69 Å². The molecule has 0 saturated heterocycles. The molecule has 0 saturated carbocycles. The third-order valence-corrected chi connectivity index (χ3v) is 4.73. The molecule has 3 rings (SSSR count). The second-order valence-electron chi connectivity index (χ2n) is 5.54. The molecule has 0 radical (unpaired) electrons. The van der Waals surface area contributed by atoms with Crippen LogP contribution < -0.4 is 5.32 Å². The fourth-order valence-electron chi connectivity index (χ4n) is 2.29. The molecule has 0 aliphatic heterocycles. The maximum atomic E-state index is 12.2. The lowest BCUT2D eigenvalue weighted by molar-refractivity contribution is -0.113. The summed E-state index contributed by atoms with van der Waals surface area (Å²) in [6, 6.07) is 15.1. The van der Waals surface area contributed by atoms with Gasteiger partial charge in [0.1, 0.15) is 5.82 Å². The molecule has 2 aromatic carbocycles. The van der Waals surface area contributed by atoms with Crippen molar-refractivity contribution in [2.45, 2.75) is 19.0 Å². The molecule has 3 aromatic rings. The first-order chi connectivity index (χ1) is 12.0. The van der Waals surface area contributed by atoms with Crippen LogP contribution in [-0.4, -0.2) is 26.4 Å². The lowest BCUT2D eigenvalue weighted by Crippen LogP contribution is -2.14. The molecule has 0 aliphatic carbocycles. The van der Waals surface area contributed by atoms with E-state index in [1.807, 2.05) is 66.9 Å². The van der Waals surface area contributed by atoms with Crippen LogP contribution in [-0.2, 0) is 4.79 Å². The van der Waals surface area contributed by atoms with E-state index < -0.39 is 0 Å². The van der Waals surface area contributed by atoms with Gasteiger partial charge in [-0.1, -0.05) is 41.1 Å². The molecule has 0 unspecified atom stereocenters. The fraction of sp³-hybridized carbons (Fsp3) is 0.167. The lowest BCUT2D eigenvalue weighted by Gasteiger charge is -2.09. The summed E-state index contributed by atoms with van der Waals surface area (Å²) in [5.74, 6) is 0.917. The Morgan fingerprint density at radius 2 is 1.76 bits per heavy atom. The van der Waals surface area contributed by atoms with Crippen molar-refractivity contribution >= 4 is 35.0 Å². The highest BCUT2D eigenvalue weighted by atomic mass is 35.5. The molecule has 1 heterocycles. The summed E-state index contributed by atoms with van der Waals surface area (Å²) in [6.07, 6.45) is 0. The van der Waals surface area contributed by atoms with Crippen molar-refractivity contribution in [1.29, 1.82) is 0 Å². The highest BCUT2D eigenvalue weighted by Gasteiger charge is 2.13. The second-order valence-corrected chi connectivity index (χ2v) is 6.92. The Kier molecular flexibility index (Phi) is 5.40. The number of amides is 1. The molecule has 25 heavy (non-hydrogen) atoms. The van der Waals surface area contributed by atoms with E-state index in [-0.39, 0.29) is 11.7 Å². The molecule has 1 amide bonds. The number of halogens is 1. The number of carbonyl (C=O) groups is 1. The van der Waals surface area contributed by atoms with Crippen LogP contribution in [0.5, 0.6) is 0 Å². The van der Waals surface area contributed by atoms with Gasteiger partial charge in [0.25, 0.3) is 0 Å². The van der Waals surface area contributed by atoms with Crippen LogP contribution >= 0.6 is 23.4 Å². The van der Waals surface area contributed by atoms with Gasteiger partial charge < -0.3 is 5.32 Å². The number of aromatic nitrogens is 3. The Morgan fingerprint density at radius 3 is 2.44 bits per heavy atom. The minimum absolute atomic E-state index is 0.0860. The molecule has 5 nitrogen and oxygen atoms in total. The Bertz CT molecular complexity index is 875. The first-order valence-corrected chi connectivity index (χ1v) is 9.06. The van der Waals surface area contributed by atoms with Gasteiger partial charge in [0.2, 0.25) is 5.91 Å². The van der Waals surface area contributed by atoms with E-state index in [4.69, 9.17) is 11.6 Å². The highest BCUT2D eigenvalue weighted by Crippen LogP contribution is 2.23. The summed E-state index contributed by atoms with van der Waals surface area (Å²) in [5.41, 5.74) is 2.85. The quantitative estimate of drug-likeness (QED) is 0.679. The number of anilines is 1. The minimum atomic E-state index is -0.0860. The molecule has 1 aromatic heterocycles. The average molecular weight is 373 g/mol. The van der Waals surface area contributed by atoms with Crippen LogP contribution in [0.3, 0.4) is 0 Å². The third-order valence-electron chi connectivity index (χ3n) is 3.55. The molecule has 0 bridgehead atoms. The summed E-state index contributed by atoms with van der Waals surface area (Å²) in [4.78, 5) is 12.2. The number of thioether (sulfide) groups is 1. The smallest absolute Gasteiger partial charge is 0.234 e. The van der Waals surface area contributed by atoms with E-state index in [2.05, 4.69) is 15.5 Å². The molecule has 0 atom stereocenters. The summed E-state index contributed by atoms with van der Waals surface area (Å²) < 4.78 is 1.90. The van der Waals surface area contributed by atoms with E-state index in [9.17, 15) is 4.79 Å². The zero-order chi connectivity index (χ0) is 17.8. The van der Waals surface area contributed by atoms with Crippen LogP contribution in [0, 0.1) is 13.8 Å². The first kappa shape index (κ1) is 17.5. The van der Waals surface area contributed by atoms with E-state index in [0.717, 1.165) is 22.8 Å². The van der Waals surface area contributed by atoms with Gasteiger partial charge in [-0.2, -0.15) is 0 Å². The van der Waals surface area contributed by atoms with Crippen molar-refractivity contribution in [3.63, 3.8) is 0 Å². The maximum Gasteiger partial charge on any atom is 0.234 e. The zero-order valence-electron chi connectivity index (χ0n) is 13.9. The zero-order valence-corrected chi connectivity index (χ0v) is 15.4. The topological polar surface area (TPSA) is 59.8 Å². The number of aryl methyl sites for hydroxylation is 2. The Labute approximate surface area is 155 Å². The van der Waals surface area contributed by atoms with Crippen molar-refractivity contribution in [1.82, 2.24) is 14.8 Å². The van der Waals surface area contributed by atoms with Gasteiger partial charge in [-0.15, -0.1) is 10.2 Å². The molecule has 0 aliphatic rings. The van der Waals surface area contributed by atoms with Crippen molar-refractivity contribution in [2.24, 2.45) is 0 Å². The molecule has 128 valence electrons. The number of carbonyl (C=O) groups excluding carboxylic acids is 1. The molecular formula is C18H17ClN4OS. The molecule has 0 spiro atoms. The first-order valence-electron chi connectivity index (χ1n) is 7.70. The van der Waals surface area contributed by atoms with E-state index >= 15 is 0 Å². The summed E-state index contributed by atoms with van der Waals surface area (Å²) in [6.45, 7) is 3.88. The Morgan fingerprint density at radius 1 is 1.08 bits per heavy atom. The normalized spacial score (nSPS) is 10.7. The van der Waals surface area contributed by atoms with Crippen molar-refractivity contribution in [3.05, 3.63) is 64.9 Å². The number of nitrogens with one attached hydrogen (secondary N) is 1.